The standard InChI is InChI=1S/C9H13BN2O2/c10-8(14)9(3-4-9)11-12-5-1-2-7(12)6-13/h6-7,11H,1-5H2/t7-/m0/s1. The van der Waals surface area contributed by atoms with Crippen molar-refractivity contribution in [3.05, 3.63) is 0 Å². The van der Waals surface area contributed by atoms with Crippen LogP contribution in [0.4, 0.5) is 0 Å². The summed E-state index contributed by atoms with van der Waals surface area (Å²) in [5, 5.41) is 1.85. The van der Waals surface area contributed by atoms with Gasteiger partial charge in [0.2, 0.25) is 0 Å². The minimum Gasteiger partial charge on any atom is -0.311 e. The van der Waals surface area contributed by atoms with Crippen LogP contribution < -0.4 is 5.43 Å². The number of hydrogen-bond acceptors (Lipinski definition) is 4. The molecular weight excluding hydrogens is 179 g/mol. The Balaban J connectivity index is 1.97. The van der Waals surface area contributed by atoms with Crippen LogP contribution >= 0.6 is 0 Å². The largest absolute Gasteiger partial charge is 0.311 e. The third-order valence-corrected chi connectivity index (χ3v) is 3.04. The molecule has 1 atom stereocenters. The van der Waals surface area contributed by atoms with Crippen LogP contribution in [-0.4, -0.2) is 42.9 Å². The maximum atomic E-state index is 11.1. The summed E-state index contributed by atoms with van der Waals surface area (Å²) >= 11 is 0. The second kappa shape index (κ2) is 3.48. The van der Waals surface area contributed by atoms with E-state index < -0.39 is 5.54 Å². The molecule has 1 saturated heterocycles. The number of hydrogen-bond donors (Lipinski definition) is 1. The minimum absolute atomic E-state index is 0.0909. The average Bonchev–Trinajstić information content (AvgIpc) is 2.79. The lowest BCUT2D eigenvalue weighted by atomic mass is 9.93. The summed E-state index contributed by atoms with van der Waals surface area (Å²) in [6, 6.07) is -0.0909. The van der Waals surface area contributed by atoms with Crippen LogP contribution in [0.5, 0.6) is 0 Å². The maximum Gasteiger partial charge on any atom is 0.170 e. The number of nitrogens with one attached hydrogen (secondary N) is 1. The molecule has 2 radical (unpaired) electrons. The van der Waals surface area contributed by atoms with E-state index in [4.69, 9.17) is 7.85 Å². The molecule has 1 aliphatic heterocycles. The van der Waals surface area contributed by atoms with E-state index in [0.29, 0.717) is 0 Å². The smallest absolute Gasteiger partial charge is 0.170 e. The molecule has 2 rings (SSSR count). The van der Waals surface area contributed by atoms with Gasteiger partial charge in [0, 0.05) is 6.54 Å². The third kappa shape index (κ3) is 1.62. The van der Waals surface area contributed by atoms with Crippen molar-refractivity contribution >= 4 is 19.8 Å². The molecule has 1 aliphatic carbocycles. The Kier molecular flexibility index (Phi) is 2.45. The van der Waals surface area contributed by atoms with Gasteiger partial charge in [-0.05, 0) is 25.7 Å². The number of carbonyl (C=O) groups excluding carboxylic acids is 2. The Morgan fingerprint density at radius 3 is 2.79 bits per heavy atom. The minimum atomic E-state index is -0.550. The van der Waals surface area contributed by atoms with Gasteiger partial charge in [0.25, 0.3) is 0 Å². The third-order valence-electron chi connectivity index (χ3n) is 3.04. The molecule has 0 spiro atoms. The average molecular weight is 192 g/mol. The first-order valence-corrected chi connectivity index (χ1v) is 4.98. The van der Waals surface area contributed by atoms with Gasteiger partial charge in [0.15, 0.2) is 7.85 Å². The summed E-state index contributed by atoms with van der Waals surface area (Å²) in [5.41, 5.74) is 2.23. The van der Waals surface area contributed by atoms with Gasteiger partial charge in [-0.2, -0.15) is 0 Å². The molecule has 0 aromatic heterocycles. The number of hydrazine groups is 1. The summed E-state index contributed by atoms with van der Waals surface area (Å²) in [5.74, 6) is 0. The van der Waals surface area contributed by atoms with Crippen LogP contribution in [0.3, 0.4) is 0 Å². The van der Waals surface area contributed by atoms with E-state index in [9.17, 15) is 9.59 Å². The molecule has 74 valence electrons. The van der Waals surface area contributed by atoms with Crippen LogP contribution in [0.15, 0.2) is 0 Å². The van der Waals surface area contributed by atoms with Gasteiger partial charge in [0.05, 0.1) is 17.3 Å². The van der Waals surface area contributed by atoms with Crippen LogP contribution in [0.25, 0.3) is 0 Å². The van der Waals surface area contributed by atoms with Crippen LogP contribution in [0.1, 0.15) is 25.7 Å². The Bertz CT molecular complexity index is 266. The van der Waals surface area contributed by atoms with Gasteiger partial charge in [-0.1, -0.05) is 0 Å². The predicted octanol–water partition coefficient (Wildman–Crippen LogP) is -0.618. The first-order valence-electron chi connectivity index (χ1n) is 4.98. The first-order chi connectivity index (χ1) is 6.68. The molecule has 5 heteroatoms. The van der Waals surface area contributed by atoms with Crippen LogP contribution in [0.2, 0.25) is 0 Å². The fourth-order valence-electron chi connectivity index (χ4n) is 1.89. The normalized spacial score (nSPS) is 30.1. The van der Waals surface area contributed by atoms with E-state index >= 15 is 0 Å². The van der Waals surface area contributed by atoms with E-state index in [1.165, 1.54) is 0 Å². The number of aldehydes is 1. The molecule has 1 saturated carbocycles. The molecule has 0 unspecified atom stereocenters. The van der Waals surface area contributed by atoms with Gasteiger partial charge >= 0.3 is 0 Å². The van der Waals surface area contributed by atoms with Gasteiger partial charge in [-0.3, -0.25) is 0 Å². The lowest BCUT2D eigenvalue weighted by Gasteiger charge is -2.26. The summed E-state index contributed by atoms with van der Waals surface area (Å²) in [6.07, 6.45) is 4.35. The molecule has 4 nitrogen and oxygen atoms in total. The Hall–Kier alpha value is -0.675. The SMILES string of the molecule is [B]C(=O)C1(NN2CCC[C@H]2C=O)CC1. The molecule has 14 heavy (non-hydrogen) atoms. The van der Waals surface area contributed by atoms with Crippen LogP contribution in [-0.2, 0) is 9.59 Å². The Labute approximate surface area is 84.4 Å². The molecule has 1 heterocycles. The van der Waals surface area contributed by atoms with Crippen LogP contribution in [0, 0.1) is 0 Å². The summed E-state index contributed by atoms with van der Waals surface area (Å²) in [7, 11) is 5.28. The van der Waals surface area contributed by atoms with E-state index in [-0.39, 0.29) is 11.7 Å². The highest BCUT2D eigenvalue weighted by Gasteiger charge is 2.48. The zero-order valence-electron chi connectivity index (χ0n) is 8.03. The molecule has 0 aromatic carbocycles. The second-order valence-electron chi connectivity index (χ2n) is 4.10. The topological polar surface area (TPSA) is 49.4 Å². The number of nitrogens with zero attached hydrogens (tertiary/aromatic N) is 1. The molecule has 1 N–H and O–H groups in total. The summed E-state index contributed by atoms with van der Waals surface area (Å²) in [6.45, 7) is 0.818. The van der Waals surface area contributed by atoms with Crippen molar-refractivity contribution in [3.63, 3.8) is 0 Å². The van der Waals surface area contributed by atoms with Gasteiger partial charge < -0.3 is 9.59 Å². The van der Waals surface area contributed by atoms with Crippen molar-refractivity contribution in [2.45, 2.75) is 37.3 Å². The van der Waals surface area contributed by atoms with Crippen molar-refractivity contribution in [2.75, 3.05) is 6.54 Å². The first kappa shape index (κ1) is 9.86. The molecular formula is C9H13BN2O2. The van der Waals surface area contributed by atoms with Crippen molar-refractivity contribution in [3.8, 4) is 0 Å². The van der Waals surface area contributed by atoms with Gasteiger partial charge in [-0.25, -0.2) is 10.4 Å². The monoisotopic (exact) mass is 192 g/mol. The summed E-state index contributed by atoms with van der Waals surface area (Å²) in [4.78, 5) is 21.8. The highest BCUT2D eigenvalue weighted by Crippen LogP contribution is 2.36. The molecule has 0 bridgehead atoms. The fourth-order valence-corrected chi connectivity index (χ4v) is 1.89. The Morgan fingerprint density at radius 1 is 1.57 bits per heavy atom. The van der Waals surface area contributed by atoms with Gasteiger partial charge in [0.1, 0.15) is 6.29 Å². The molecule has 0 aromatic rings. The van der Waals surface area contributed by atoms with E-state index in [0.717, 1.165) is 38.5 Å². The zero-order chi connectivity index (χ0) is 10.2. The lowest BCUT2D eigenvalue weighted by Crippen LogP contribution is -2.52. The Morgan fingerprint density at radius 2 is 2.29 bits per heavy atom. The lowest BCUT2D eigenvalue weighted by molar-refractivity contribution is -0.118. The fraction of sp³-hybridized carbons (Fsp3) is 0.778. The number of rotatable bonds is 4. The van der Waals surface area contributed by atoms with Crippen molar-refractivity contribution in [1.29, 1.82) is 0 Å². The predicted molar refractivity (Wildman–Crippen MR) is 51.7 cm³/mol. The van der Waals surface area contributed by atoms with Crippen molar-refractivity contribution in [2.24, 2.45) is 0 Å². The molecule has 2 fully saturated rings. The van der Waals surface area contributed by atoms with E-state index in [2.05, 4.69) is 5.43 Å². The number of carbonyl (C=O) groups is 2. The highest BCUT2D eigenvalue weighted by atomic mass is 16.1. The van der Waals surface area contributed by atoms with E-state index in [1.807, 2.05) is 5.01 Å². The van der Waals surface area contributed by atoms with Crippen molar-refractivity contribution in [1.82, 2.24) is 10.4 Å². The summed E-state index contributed by atoms with van der Waals surface area (Å²) < 4.78 is 0. The quantitative estimate of drug-likeness (QED) is 0.476. The molecule has 0 amide bonds. The molecule has 2 aliphatic rings. The van der Waals surface area contributed by atoms with Crippen molar-refractivity contribution < 1.29 is 9.59 Å². The maximum absolute atomic E-state index is 11.1. The second-order valence-corrected chi connectivity index (χ2v) is 4.10. The van der Waals surface area contributed by atoms with E-state index in [1.54, 1.807) is 0 Å². The van der Waals surface area contributed by atoms with Gasteiger partial charge in [-0.15, -0.1) is 0 Å². The highest BCUT2D eigenvalue weighted by molar-refractivity contribution is 6.60. The zero-order valence-corrected chi connectivity index (χ0v) is 8.03.